The molecule has 0 aliphatic carbocycles. The number of hydrogen-bond acceptors (Lipinski definition) is 3. The molecule has 1 N–H and O–H groups in total. The van der Waals surface area contributed by atoms with Gasteiger partial charge in [0.05, 0.1) is 11.9 Å². The summed E-state index contributed by atoms with van der Waals surface area (Å²) < 4.78 is 1.91. The molecule has 0 bridgehead atoms. The first kappa shape index (κ1) is 9.65. The average molecular weight is 194 g/mol. The smallest absolute Gasteiger partial charge is 0.0727 e. The standard InChI is InChI=1S/C10H18N4/c1-3-9-6-8(4-5-11-9)10-7-12-13-14(10)2/h7-9,11H,3-6H2,1-2H3. The molecule has 0 spiro atoms. The SMILES string of the molecule is CCC1CC(c2cnnn2C)CCN1. The Morgan fingerprint density at radius 3 is 3.14 bits per heavy atom. The first-order valence-electron chi connectivity index (χ1n) is 5.39. The Kier molecular flexibility index (Phi) is 2.82. The summed E-state index contributed by atoms with van der Waals surface area (Å²) in [5, 5.41) is 11.5. The predicted molar refractivity (Wildman–Crippen MR) is 55.1 cm³/mol. The van der Waals surface area contributed by atoms with E-state index in [0.717, 1.165) is 6.54 Å². The van der Waals surface area contributed by atoms with Gasteiger partial charge in [-0.2, -0.15) is 0 Å². The van der Waals surface area contributed by atoms with E-state index in [1.54, 1.807) is 0 Å². The summed E-state index contributed by atoms with van der Waals surface area (Å²) in [4.78, 5) is 0. The predicted octanol–water partition coefficient (Wildman–Crippen LogP) is 1.06. The van der Waals surface area contributed by atoms with Crippen LogP contribution in [0.25, 0.3) is 0 Å². The van der Waals surface area contributed by atoms with E-state index in [-0.39, 0.29) is 0 Å². The Balaban J connectivity index is 2.08. The summed E-state index contributed by atoms with van der Waals surface area (Å²) in [5.41, 5.74) is 1.28. The quantitative estimate of drug-likeness (QED) is 0.765. The maximum Gasteiger partial charge on any atom is 0.0727 e. The highest BCUT2D eigenvalue weighted by atomic mass is 15.4. The third kappa shape index (κ3) is 1.80. The summed E-state index contributed by atoms with van der Waals surface area (Å²) in [6.07, 6.45) is 5.54. The Labute approximate surface area is 84.7 Å². The zero-order valence-corrected chi connectivity index (χ0v) is 8.90. The molecule has 14 heavy (non-hydrogen) atoms. The molecule has 1 aromatic rings. The van der Waals surface area contributed by atoms with E-state index in [2.05, 4.69) is 22.6 Å². The number of piperidine rings is 1. The van der Waals surface area contributed by atoms with Crippen LogP contribution >= 0.6 is 0 Å². The largest absolute Gasteiger partial charge is 0.314 e. The molecule has 4 nitrogen and oxygen atoms in total. The molecular weight excluding hydrogens is 176 g/mol. The van der Waals surface area contributed by atoms with Crippen LogP contribution in [0.15, 0.2) is 6.20 Å². The lowest BCUT2D eigenvalue weighted by Gasteiger charge is -2.29. The lowest BCUT2D eigenvalue weighted by atomic mass is 9.89. The van der Waals surface area contributed by atoms with E-state index < -0.39 is 0 Å². The second-order valence-electron chi connectivity index (χ2n) is 4.06. The van der Waals surface area contributed by atoms with E-state index in [1.165, 1.54) is 25.0 Å². The Morgan fingerprint density at radius 1 is 1.64 bits per heavy atom. The van der Waals surface area contributed by atoms with Crippen LogP contribution in [-0.2, 0) is 7.05 Å². The van der Waals surface area contributed by atoms with Crippen molar-refractivity contribution in [1.82, 2.24) is 20.3 Å². The maximum absolute atomic E-state index is 3.99. The summed E-state index contributed by atoms with van der Waals surface area (Å²) >= 11 is 0. The van der Waals surface area contributed by atoms with Gasteiger partial charge in [-0.3, -0.25) is 4.68 Å². The number of nitrogens with one attached hydrogen (secondary N) is 1. The molecule has 0 aromatic carbocycles. The fourth-order valence-electron chi connectivity index (χ4n) is 2.25. The highest BCUT2D eigenvalue weighted by molar-refractivity contribution is 5.05. The zero-order chi connectivity index (χ0) is 9.97. The van der Waals surface area contributed by atoms with E-state index >= 15 is 0 Å². The van der Waals surface area contributed by atoms with Crippen molar-refractivity contribution in [3.63, 3.8) is 0 Å². The van der Waals surface area contributed by atoms with Crippen LogP contribution in [0.3, 0.4) is 0 Å². The lowest BCUT2D eigenvalue weighted by Crippen LogP contribution is -2.37. The molecule has 2 atom stereocenters. The maximum atomic E-state index is 3.99. The van der Waals surface area contributed by atoms with Gasteiger partial charge in [0.25, 0.3) is 0 Å². The molecule has 1 fully saturated rings. The Bertz CT molecular complexity index is 294. The summed E-state index contributed by atoms with van der Waals surface area (Å²) in [6, 6.07) is 0.670. The second-order valence-corrected chi connectivity index (χ2v) is 4.06. The van der Waals surface area contributed by atoms with Crippen LogP contribution in [0.2, 0.25) is 0 Å². The molecule has 0 saturated carbocycles. The van der Waals surface area contributed by atoms with Crippen molar-refractivity contribution in [3.8, 4) is 0 Å². The molecule has 0 radical (unpaired) electrons. The van der Waals surface area contributed by atoms with E-state index in [0.29, 0.717) is 12.0 Å². The molecule has 1 saturated heterocycles. The van der Waals surface area contributed by atoms with Gasteiger partial charge in [-0.1, -0.05) is 12.1 Å². The summed E-state index contributed by atoms with van der Waals surface area (Å²) in [7, 11) is 1.98. The van der Waals surface area contributed by atoms with Crippen LogP contribution in [0.4, 0.5) is 0 Å². The van der Waals surface area contributed by atoms with Gasteiger partial charge >= 0.3 is 0 Å². The molecule has 4 heteroatoms. The van der Waals surface area contributed by atoms with Gasteiger partial charge in [-0.15, -0.1) is 5.10 Å². The fourth-order valence-corrected chi connectivity index (χ4v) is 2.25. The van der Waals surface area contributed by atoms with Crippen molar-refractivity contribution in [2.45, 2.75) is 38.1 Å². The zero-order valence-electron chi connectivity index (χ0n) is 8.90. The van der Waals surface area contributed by atoms with Gasteiger partial charge in [0, 0.05) is 19.0 Å². The van der Waals surface area contributed by atoms with Gasteiger partial charge in [0.2, 0.25) is 0 Å². The molecule has 1 aliphatic heterocycles. The molecule has 1 aromatic heterocycles. The number of aromatic nitrogens is 3. The van der Waals surface area contributed by atoms with Crippen LogP contribution in [0.5, 0.6) is 0 Å². The van der Waals surface area contributed by atoms with Crippen molar-refractivity contribution in [3.05, 3.63) is 11.9 Å². The number of nitrogens with zero attached hydrogens (tertiary/aromatic N) is 3. The van der Waals surface area contributed by atoms with Gasteiger partial charge < -0.3 is 5.32 Å². The van der Waals surface area contributed by atoms with Crippen molar-refractivity contribution >= 4 is 0 Å². The average Bonchev–Trinajstić information content (AvgIpc) is 2.65. The topological polar surface area (TPSA) is 42.7 Å². The molecule has 2 rings (SSSR count). The molecular formula is C10H18N4. The third-order valence-electron chi connectivity index (χ3n) is 3.16. The van der Waals surface area contributed by atoms with Crippen LogP contribution in [0.1, 0.15) is 37.8 Å². The third-order valence-corrected chi connectivity index (χ3v) is 3.16. The van der Waals surface area contributed by atoms with Crippen LogP contribution < -0.4 is 5.32 Å². The molecule has 2 heterocycles. The summed E-state index contributed by atoms with van der Waals surface area (Å²) in [5.74, 6) is 0.640. The Hall–Kier alpha value is -0.900. The minimum Gasteiger partial charge on any atom is -0.314 e. The monoisotopic (exact) mass is 194 g/mol. The minimum atomic E-state index is 0.640. The van der Waals surface area contributed by atoms with Crippen molar-refractivity contribution in [2.24, 2.45) is 7.05 Å². The normalized spacial score (nSPS) is 27.9. The molecule has 78 valence electrons. The molecule has 1 aliphatic rings. The van der Waals surface area contributed by atoms with Crippen LogP contribution in [-0.4, -0.2) is 27.6 Å². The highest BCUT2D eigenvalue weighted by Gasteiger charge is 2.23. The van der Waals surface area contributed by atoms with E-state index in [9.17, 15) is 0 Å². The van der Waals surface area contributed by atoms with Crippen molar-refractivity contribution < 1.29 is 0 Å². The minimum absolute atomic E-state index is 0.640. The highest BCUT2D eigenvalue weighted by Crippen LogP contribution is 2.27. The first-order chi connectivity index (χ1) is 6.81. The fraction of sp³-hybridized carbons (Fsp3) is 0.800. The van der Waals surface area contributed by atoms with E-state index in [4.69, 9.17) is 0 Å². The number of hydrogen-bond donors (Lipinski definition) is 1. The van der Waals surface area contributed by atoms with Crippen molar-refractivity contribution in [1.29, 1.82) is 0 Å². The van der Waals surface area contributed by atoms with E-state index in [1.807, 2.05) is 17.9 Å². The van der Waals surface area contributed by atoms with Gasteiger partial charge in [-0.05, 0) is 25.8 Å². The van der Waals surface area contributed by atoms with Gasteiger partial charge in [0.15, 0.2) is 0 Å². The lowest BCUT2D eigenvalue weighted by molar-refractivity contribution is 0.345. The molecule has 2 unspecified atom stereocenters. The first-order valence-corrected chi connectivity index (χ1v) is 5.39. The summed E-state index contributed by atoms with van der Waals surface area (Å²) in [6.45, 7) is 3.36. The Morgan fingerprint density at radius 2 is 2.50 bits per heavy atom. The van der Waals surface area contributed by atoms with Gasteiger partial charge in [0.1, 0.15) is 0 Å². The number of rotatable bonds is 2. The van der Waals surface area contributed by atoms with Crippen LogP contribution in [0, 0.1) is 0 Å². The van der Waals surface area contributed by atoms with Gasteiger partial charge in [-0.25, -0.2) is 0 Å². The van der Waals surface area contributed by atoms with Crippen molar-refractivity contribution in [2.75, 3.05) is 6.54 Å². The second kappa shape index (κ2) is 4.09. The molecule has 0 amide bonds. The number of aryl methyl sites for hydroxylation is 1.